The molecule has 22 heavy (non-hydrogen) atoms. The zero-order valence-electron chi connectivity index (χ0n) is 12.4. The van der Waals surface area contributed by atoms with Gasteiger partial charge in [-0.3, -0.25) is 0 Å². The van der Waals surface area contributed by atoms with Crippen LogP contribution < -0.4 is 0 Å². The molecule has 0 spiro atoms. The van der Waals surface area contributed by atoms with Crippen LogP contribution in [0.3, 0.4) is 0 Å². The van der Waals surface area contributed by atoms with Crippen LogP contribution in [0.25, 0.3) is 22.6 Å². The lowest BCUT2D eigenvalue weighted by atomic mass is 10.3. The van der Waals surface area contributed by atoms with Crippen molar-refractivity contribution in [3.05, 3.63) is 23.6 Å². The van der Waals surface area contributed by atoms with Crippen molar-refractivity contribution in [2.45, 2.75) is 18.4 Å². The normalized spacial score (nSPS) is 12.4. The molecule has 0 N–H and O–H groups in total. The first-order valence-electron chi connectivity index (χ1n) is 6.65. The summed E-state index contributed by atoms with van der Waals surface area (Å²) in [5.74, 6) is 0.700. The molecule has 0 bridgehead atoms. The molecule has 0 aliphatic heterocycles. The van der Waals surface area contributed by atoms with E-state index in [1.54, 1.807) is 18.2 Å². The first-order chi connectivity index (χ1) is 10.4. The number of sulfonamides is 1. The monoisotopic (exact) mass is 337 g/mol. The molecular weight excluding hydrogens is 322 g/mol. The Kier molecular flexibility index (Phi) is 3.71. The third kappa shape index (κ3) is 2.31. The highest BCUT2D eigenvalue weighted by atomic mass is 32.2. The molecule has 0 saturated carbocycles. The Hall–Kier alpha value is -1.84. The minimum atomic E-state index is -3.47. The first kappa shape index (κ1) is 15.1. The maximum atomic E-state index is 12.2. The molecular formula is C13H15N5O2S2. The van der Waals surface area contributed by atoms with Gasteiger partial charge in [0, 0.05) is 26.0 Å². The van der Waals surface area contributed by atoms with Crippen LogP contribution in [0.15, 0.2) is 28.5 Å². The number of aryl methyl sites for hydroxylation is 1. The molecule has 9 heteroatoms. The smallest absolute Gasteiger partial charge is 0.242 e. The van der Waals surface area contributed by atoms with Crippen molar-refractivity contribution in [2.24, 2.45) is 0 Å². The fourth-order valence-electron chi connectivity index (χ4n) is 2.26. The van der Waals surface area contributed by atoms with Crippen LogP contribution in [0.5, 0.6) is 0 Å². The van der Waals surface area contributed by atoms with Gasteiger partial charge < -0.3 is 4.57 Å². The van der Waals surface area contributed by atoms with Crippen molar-refractivity contribution in [1.29, 1.82) is 0 Å². The molecule has 0 fully saturated rings. The van der Waals surface area contributed by atoms with Gasteiger partial charge in [-0.1, -0.05) is 4.49 Å². The number of fused-ring (bicyclic) bond motifs is 1. The largest absolute Gasteiger partial charge is 0.323 e. The summed E-state index contributed by atoms with van der Waals surface area (Å²) in [6.45, 7) is 2.72. The number of hydrogen-bond donors (Lipinski definition) is 0. The van der Waals surface area contributed by atoms with E-state index in [0.717, 1.165) is 5.52 Å². The van der Waals surface area contributed by atoms with Crippen molar-refractivity contribution in [1.82, 2.24) is 23.4 Å². The lowest BCUT2D eigenvalue weighted by Gasteiger charge is -2.11. The van der Waals surface area contributed by atoms with Gasteiger partial charge in [-0.05, 0) is 36.7 Å². The van der Waals surface area contributed by atoms with E-state index >= 15 is 0 Å². The van der Waals surface area contributed by atoms with Crippen LogP contribution in [0.2, 0.25) is 0 Å². The lowest BCUT2D eigenvalue weighted by Crippen LogP contribution is -2.22. The molecule has 1 aromatic carbocycles. The minimum absolute atomic E-state index is 0.230. The summed E-state index contributed by atoms with van der Waals surface area (Å²) >= 11 is 1.26. The summed E-state index contributed by atoms with van der Waals surface area (Å²) in [6.07, 6.45) is 0. The maximum Gasteiger partial charge on any atom is 0.242 e. The molecule has 0 atom stereocenters. The van der Waals surface area contributed by atoms with Crippen molar-refractivity contribution < 1.29 is 8.42 Å². The van der Waals surface area contributed by atoms with Gasteiger partial charge in [-0.15, -0.1) is 5.10 Å². The Morgan fingerprint density at radius 3 is 2.68 bits per heavy atom. The Morgan fingerprint density at radius 2 is 2.09 bits per heavy atom. The highest BCUT2D eigenvalue weighted by molar-refractivity contribution is 7.89. The van der Waals surface area contributed by atoms with Crippen molar-refractivity contribution in [3.8, 4) is 11.5 Å². The average molecular weight is 337 g/mol. The zero-order chi connectivity index (χ0) is 15.9. The van der Waals surface area contributed by atoms with Crippen molar-refractivity contribution in [3.63, 3.8) is 0 Å². The molecule has 3 rings (SSSR count). The van der Waals surface area contributed by atoms with Crippen LogP contribution in [-0.4, -0.2) is 46.0 Å². The van der Waals surface area contributed by atoms with E-state index in [2.05, 4.69) is 14.6 Å². The predicted octanol–water partition coefficient (Wildman–Crippen LogP) is 1.82. The Morgan fingerprint density at radius 1 is 1.32 bits per heavy atom. The predicted molar refractivity (Wildman–Crippen MR) is 85.2 cm³/mol. The van der Waals surface area contributed by atoms with E-state index in [1.807, 2.05) is 16.9 Å². The van der Waals surface area contributed by atoms with Gasteiger partial charge in [0.25, 0.3) is 0 Å². The van der Waals surface area contributed by atoms with E-state index in [1.165, 1.54) is 29.9 Å². The fraction of sp³-hybridized carbons (Fsp3) is 0.308. The Labute approximate surface area is 132 Å². The van der Waals surface area contributed by atoms with Crippen LogP contribution in [0.4, 0.5) is 0 Å². The second-order valence-corrected chi connectivity index (χ2v) is 7.67. The van der Waals surface area contributed by atoms with Gasteiger partial charge in [0.05, 0.1) is 15.9 Å². The molecule has 0 aliphatic carbocycles. The van der Waals surface area contributed by atoms with E-state index in [-0.39, 0.29) is 4.90 Å². The van der Waals surface area contributed by atoms with Gasteiger partial charge in [0.2, 0.25) is 10.0 Å². The molecule has 3 aromatic rings. The van der Waals surface area contributed by atoms with Gasteiger partial charge in [-0.25, -0.2) is 17.7 Å². The minimum Gasteiger partial charge on any atom is -0.323 e. The van der Waals surface area contributed by atoms with Crippen LogP contribution >= 0.6 is 11.5 Å². The summed E-state index contributed by atoms with van der Waals surface area (Å²) < 4.78 is 31.5. The molecule has 7 nitrogen and oxygen atoms in total. The summed E-state index contributed by atoms with van der Waals surface area (Å²) in [5.41, 5.74) is 2.20. The van der Waals surface area contributed by atoms with Crippen LogP contribution in [-0.2, 0) is 16.6 Å². The molecule has 0 unspecified atom stereocenters. The summed E-state index contributed by atoms with van der Waals surface area (Å²) in [4.78, 5) is 4.77. The van der Waals surface area contributed by atoms with Gasteiger partial charge in [0.1, 0.15) is 5.69 Å². The standard InChI is InChI=1S/C13H15N5O2S2/c1-4-18-12-6-5-9(22(19,20)17(2)3)7-10(12)14-13(18)11-8-21-16-15-11/h5-8H,4H2,1-3H3. The highest BCUT2D eigenvalue weighted by Crippen LogP contribution is 2.26. The third-order valence-electron chi connectivity index (χ3n) is 3.40. The molecule has 2 aromatic heterocycles. The Bertz CT molecular complexity index is 913. The number of rotatable bonds is 4. The first-order valence-corrected chi connectivity index (χ1v) is 8.93. The zero-order valence-corrected chi connectivity index (χ0v) is 14.0. The SMILES string of the molecule is CCn1c(-c2csnn2)nc2cc(S(=O)(=O)N(C)C)ccc21. The number of imidazole rings is 1. The van der Waals surface area contributed by atoms with Crippen molar-refractivity contribution in [2.75, 3.05) is 14.1 Å². The average Bonchev–Trinajstić information content (AvgIpc) is 3.12. The molecule has 0 aliphatic rings. The number of nitrogens with zero attached hydrogens (tertiary/aromatic N) is 5. The van der Waals surface area contributed by atoms with E-state index in [9.17, 15) is 8.42 Å². The lowest BCUT2D eigenvalue weighted by molar-refractivity contribution is 0.521. The van der Waals surface area contributed by atoms with E-state index < -0.39 is 10.0 Å². The van der Waals surface area contributed by atoms with E-state index in [4.69, 9.17) is 0 Å². The molecule has 0 saturated heterocycles. The molecule has 2 heterocycles. The summed E-state index contributed by atoms with van der Waals surface area (Å²) in [5, 5.41) is 5.87. The quantitative estimate of drug-likeness (QED) is 0.725. The summed E-state index contributed by atoms with van der Waals surface area (Å²) in [6, 6.07) is 4.99. The fourth-order valence-corrected chi connectivity index (χ4v) is 3.62. The number of aromatic nitrogens is 4. The summed E-state index contributed by atoms with van der Waals surface area (Å²) in [7, 11) is -0.453. The maximum absolute atomic E-state index is 12.2. The Balaban J connectivity index is 2.23. The van der Waals surface area contributed by atoms with Crippen LogP contribution in [0.1, 0.15) is 6.92 Å². The third-order valence-corrected chi connectivity index (χ3v) is 5.72. The van der Waals surface area contributed by atoms with Gasteiger partial charge >= 0.3 is 0 Å². The van der Waals surface area contributed by atoms with Crippen molar-refractivity contribution >= 4 is 32.6 Å². The topological polar surface area (TPSA) is 81.0 Å². The molecule has 0 amide bonds. The van der Waals surface area contributed by atoms with Crippen LogP contribution in [0, 0.1) is 0 Å². The highest BCUT2D eigenvalue weighted by Gasteiger charge is 2.20. The number of hydrogen-bond acceptors (Lipinski definition) is 6. The van der Waals surface area contributed by atoms with Gasteiger partial charge in [-0.2, -0.15) is 0 Å². The molecule has 0 radical (unpaired) electrons. The second-order valence-electron chi connectivity index (χ2n) is 4.91. The van der Waals surface area contributed by atoms with E-state index in [0.29, 0.717) is 23.6 Å². The second kappa shape index (κ2) is 5.41. The number of benzene rings is 1. The molecule has 116 valence electrons. The van der Waals surface area contributed by atoms with Gasteiger partial charge in [0.15, 0.2) is 5.82 Å².